The largest absolute Gasteiger partial charge is 0.493 e. The second-order valence-corrected chi connectivity index (χ2v) is 9.32. The maximum absolute atomic E-state index is 12.5. The maximum Gasteiger partial charge on any atom is 0.268 e. The molecule has 0 radical (unpaired) electrons. The van der Waals surface area contributed by atoms with E-state index in [9.17, 15) is 18.5 Å². The van der Waals surface area contributed by atoms with Crippen LogP contribution in [0.3, 0.4) is 0 Å². The van der Waals surface area contributed by atoms with Gasteiger partial charge in [0, 0.05) is 11.5 Å². The second-order valence-electron chi connectivity index (χ2n) is 6.64. The van der Waals surface area contributed by atoms with E-state index in [1.807, 2.05) is 6.07 Å². The van der Waals surface area contributed by atoms with E-state index in [1.54, 1.807) is 26.0 Å². The number of aromatic nitrogens is 2. The summed E-state index contributed by atoms with van der Waals surface area (Å²) in [5.41, 5.74) is 0.217. The minimum absolute atomic E-state index is 0.0293. The van der Waals surface area contributed by atoms with Gasteiger partial charge in [-0.15, -0.1) is 0 Å². The molecule has 2 rings (SSSR count). The summed E-state index contributed by atoms with van der Waals surface area (Å²) < 4.78 is 44.0. The molecule has 0 unspecified atom stereocenters. The minimum atomic E-state index is -3.65. The van der Waals surface area contributed by atoms with Crippen LogP contribution in [0.15, 0.2) is 22.9 Å². The summed E-state index contributed by atoms with van der Waals surface area (Å²) in [4.78, 5) is 16.4. The molecule has 0 spiro atoms. The number of ether oxygens (including phenoxy) is 3. The maximum atomic E-state index is 12.5. The SMILES string of the molecule is COc1cc(C=C(C#N)C(=O)Nc2nc(S(=O)(=O)CC(C)C)ns2)cc(OC)c1OC. The Bertz CT molecular complexity index is 1110. The summed E-state index contributed by atoms with van der Waals surface area (Å²) in [6.45, 7) is 3.53. The predicted octanol–water partition coefficient (Wildman–Crippen LogP) is 2.54. The van der Waals surface area contributed by atoms with E-state index >= 15 is 0 Å². The number of sulfone groups is 1. The smallest absolute Gasteiger partial charge is 0.268 e. The highest BCUT2D eigenvalue weighted by Crippen LogP contribution is 2.38. The number of rotatable bonds is 9. The lowest BCUT2D eigenvalue weighted by Crippen LogP contribution is -2.15. The van der Waals surface area contributed by atoms with Gasteiger partial charge >= 0.3 is 0 Å². The molecular formula is C19H22N4O6S2. The second kappa shape index (κ2) is 10.2. The molecule has 1 N–H and O–H groups in total. The molecule has 12 heteroatoms. The molecule has 166 valence electrons. The van der Waals surface area contributed by atoms with Crippen molar-refractivity contribution in [3.63, 3.8) is 0 Å². The molecule has 0 atom stereocenters. The average Bonchev–Trinajstić information content (AvgIpc) is 3.19. The first-order valence-corrected chi connectivity index (χ1v) is 11.4. The number of nitriles is 1. The lowest BCUT2D eigenvalue weighted by Gasteiger charge is -2.13. The van der Waals surface area contributed by atoms with Gasteiger partial charge in [0.2, 0.25) is 20.7 Å². The van der Waals surface area contributed by atoms with Crippen LogP contribution in [0.25, 0.3) is 6.08 Å². The van der Waals surface area contributed by atoms with E-state index in [-0.39, 0.29) is 27.5 Å². The topological polar surface area (TPSA) is 140 Å². The van der Waals surface area contributed by atoms with Crippen LogP contribution >= 0.6 is 11.5 Å². The minimum Gasteiger partial charge on any atom is -0.493 e. The lowest BCUT2D eigenvalue weighted by atomic mass is 10.1. The van der Waals surface area contributed by atoms with Gasteiger partial charge in [0.15, 0.2) is 11.5 Å². The van der Waals surface area contributed by atoms with Gasteiger partial charge in [-0.3, -0.25) is 10.1 Å². The standard InChI is InChI=1S/C19H22N4O6S2/c1-11(2)10-31(25,26)19-22-18(30-23-19)21-17(24)13(9-20)6-12-7-14(27-3)16(29-5)15(8-12)28-4/h6-8,11H,10H2,1-5H3,(H,21,22,23,24). The Labute approximate surface area is 184 Å². The zero-order chi connectivity index (χ0) is 23.2. The van der Waals surface area contributed by atoms with Crippen molar-refractivity contribution in [2.24, 2.45) is 5.92 Å². The first-order chi connectivity index (χ1) is 14.6. The van der Waals surface area contributed by atoms with Crippen LogP contribution in [-0.2, 0) is 14.6 Å². The van der Waals surface area contributed by atoms with Crippen LogP contribution in [0, 0.1) is 17.2 Å². The average molecular weight is 467 g/mol. The molecule has 0 saturated heterocycles. The molecule has 0 aliphatic heterocycles. The fraction of sp³-hybridized carbons (Fsp3) is 0.368. The number of benzene rings is 1. The van der Waals surface area contributed by atoms with Gasteiger partial charge in [-0.05, 0) is 29.7 Å². The molecule has 0 bridgehead atoms. The molecule has 2 aromatic rings. The summed E-state index contributed by atoms with van der Waals surface area (Å²) in [7, 11) is 0.702. The van der Waals surface area contributed by atoms with Gasteiger partial charge in [-0.25, -0.2) is 8.42 Å². The Morgan fingerprint density at radius 3 is 2.32 bits per heavy atom. The van der Waals surface area contributed by atoms with Gasteiger partial charge in [-0.1, -0.05) is 13.8 Å². The number of hydrogen-bond donors (Lipinski definition) is 1. The molecule has 0 fully saturated rings. The Morgan fingerprint density at radius 2 is 1.84 bits per heavy atom. The van der Waals surface area contributed by atoms with E-state index in [1.165, 1.54) is 27.4 Å². The number of carbonyl (C=O) groups is 1. The van der Waals surface area contributed by atoms with Crippen molar-refractivity contribution in [2.45, 2.75) is 19.0 Å². The van der Waals surface area contributed by atoms with E-state index < -0.39 is 15.7 Å². The Kier molecular flexibility index (Phi) is 7.95. The number of methoxy groups -OCH3 is 3. The summed E-state index contributed by atoms with van der Waals surface area (Å²) in [6.07, 6.45) is 1.33. The van der Waals surface area contributed by atoms with Crippen LogP contribution in [-0.4, -0.2) is 50.8 Å². The summed E-state index contributed by atoms with van der Waals surface area (Å²) in [6, 6.07) is 4.97. The van der Waals surface area contributed by atoms with Crippen LogP contribution < -0.4 is 19.5 Å². The number of nitrogens with zero attached hydrogens (tertiary/aromatic N) is 3. The summed E-state index contributed by atoms with van der Waals surface area (Å²) >= 11 is 0.718. The van der Waals surface area contributed by atoms with Crippen molar-refractivity contribution in [3.05, 3.63) is 23.3 Å². The molecule has 1 aromatic heterocycles. The Morgan fingerprint density at radius 1 is 1.23 bits per heavy atom. The fourth-order valence-electron chi connectivity index (χ4n) is 2.56. The van der Waals surface area contributed by atoms with Gasteiger partial charge < -0.3 is 14.2 Å². The molecule has 1 heterocycles. The summed E-state index contributed by atoms with van der Waals surface area (Å²) in [5, 5.41) is 11.4. The third-order valence-electron chi connectivity index (χ3n) is 3.82. The molecular weight excluding hydrogens is 444 g/mol. The van der Waals surface area contributed by atoms with Crippen molar-refractivity contribution in [1.29, 1.82) is 5.26 Å². The first-order valence-electron chi connectivity index (χ1n) is 8.94. The van der Waals surface area contributed by atoms with Crippen LogP contribution in [0.4, 0.5) is 5.13 Å². The van der Waals surface area contributed by atoms with Gasteiger partial charge in [0.25, 0.3) is 11.1 Å². The highest BCUT2D eigenvalue weighted by Gasteiger charge is 2.23. The molecule has 0 saturated carbocycles. The van der Waals surface area contributed by atoms with Gasteiger partial charge in [0.1, 0.15) is 11.6 Å². The predicted molar refractivity (Wildman–Crippen MR) is 115 cm³/mol. The first kappa shape index (κ1) is 24.1. The Balaban J connectivity index is 2.29. The summed E-state index contributed by atoms with van der Waals surface area (Å²) in [5.74, 6) is 0.110. The normalized spacial score (nSPS) is 11.7. The van der Waals surface area contributed by atoms with Crippen molar-refractivity contribution < 1.29 is 27.4 Å². The van der Waals surface area contributed by atoms with Crippen molar-refractivity contribution in [1.82, 2.24) is 9.36 Å². The molecule has 0 aliphatic rings. The van der Waals surface area contributed by atoms with E-state index in [2.05, 4.69) is 14.7 Å². The fourth-order valence-corrected chi connectivity index (χ4v) is 4.92. The van der Waals surface area contributed by atoms with Gasteiger partial charge in [0.05, 0.1) is 27.1 Å². The number of anilines is 1. The zero-order valence-corrected chi connectivity index (χ0v) is 19.3. The third kappa shape index (κ3) is 5.93. The van der Waals surface area contributed by atoms with Crippen molar-refractivity contribution in [2.75, 3.05) is 32.4 Å². The van der Waals surface area contributed by atoms with Crippen molar-refractivity contribution >= 4 is 38.5 Å². The number of carbonyl (C=O) groups excluding carboxylic acids is 1. The van der Waals surface area contributed by atoms with Crippen molar-refractivity contribution in [3.8, 4) is 23.3 Å². The third-order valence-corrected chi connectivity index (χ3v) is 6.41. The number of hydrogen-bond acceptors (Lipinski definition) is 10. The lowest BCUT2D eigenvalue weighted by molar-refractivity contribution is -0.112. The number of nitrogens with one attached hydrogen (secondary N) is 1. The van der Waals surface area contributed by atoms with E-state index in [0.29, 0.717) is 22.8 Å². The molecule has 0 aliphatic carbocycles. The monoisotopic (exact) mass is 466 g/mol. The quantitative estimate of drug-likeness (QED) is 0.436. The highest BCUT2D eigenvalue weighted by molar-refractivity contribution is 7.91. The van der Waals surface area contributed by atoms with Crippen LogP contribution in [0.1, 0.15) is 19.4 Å². The van der Waals surface area contributed by atoms with E-state index in [4.69, 9.17) is 14.2 Å². The molecule has 1 amide bonds. The molecule has 10 nitrogen and oxygen atoms in total. The molecule has 31 heavy (non-hydrogen) atoms. The van der Waals surface area contributed by atoms with Gasteiger partial charge in [-0.2, -0.15) is 14.6 Å². The van der Waals surface area contributed by atoms with Crippen LogP contribution in [0.2, 0.25) is 0 Å². The number of amides is 1. The highest BCUT2D eigenvalue weighted by atomic mass is 32.2. The van der Waals surface area contributed by atoms with Crippen LogP contribution in [0.5, 0.6) is 17.2 Å². The Hall–Kier alpha value is -3.17. The zero-order valence-electron chi connectivity index (χ0n) is 17.6. The molecule has 1 aromatic carbocycles. The van der Waals surface area contributed by atoms with E-state index in [0.717, 1.165) is 11.5 Å².